The van der Waals surface area contributed by atoms with Crippen molar-refractivity contribution in [2.24, 2.45) is 4.99 Å². The number of guanidine groups is 1. The summed E-state index contributed by atoms with van der Waals surface area (Å²) in [5.74, 6) is 0.205. The third-order valence-corrected chi connectivity index (χ3v) is 4.22. The molecule has 0 atom stereocenters. The fourth-order valence-corrected chi connectivity index (χ4v) is 2.75. The lowest BCUT2D eigenvalue weighted by Gasteiger charge is -2.12. The Morgan fingerprint density at radius 2 is 1.89 bits per heavy atom. The molecule has 0 saturated heterocycles. The minimum atomic E-state index is -0.214. The zero-order valence-electron chi connectivity index (χ0n) is 15.5. The minimum absolute atomic E-state index is 0.143. The fourth-order valence-electron chi connectivity index (χ4n) is 2.47. The Kier molecular flexibility index (Phi) is 8.07. The summed E-state index contributed by atoms with van der Waals surface area (Å²) in [5.41, 5.74) is 2.28. The van der Waals surface area contributed by atoms with Crippen LogP contribution in [0, 0.1) is 12.7 Å². The van der Waals surface area contributed by atoms with Gasteiger partial charge in [-0.2, -0.15) is 0 Å². The van der Waals surface area contributed by atoms with E-state index in [1.54, 1.807) is 31.3 Å². The van der Waals surface area contributed by atoms with Gasteiger partial charge in [0.15, 0.2) is 5.96 Å². The van der Waals surface area contributed by atoms with Crippen molar-refractivity contribution >= 4 is 29.2 Å². The molecular formula is C20H24ClFN4O. The molecule has 0 unspecified atom stereocenters. The second kappa shape index (κ2) is 10.5. The molecule has 2 rings (SSSR count). The number of nitrogens with one attached hydrogen (secondary N) is 3. The topological polar surface area (TPSA) is 65.5 Å². The predicted octanol–water partition coefficient (Wildman–Crippen LogP) is 3.52. The van der Waals surface area contributed by atoms with Crippen LogP contribution in [0.1, 0.15) is 17.5 Å². The van der Waals surface area contributed by atoms with Crippen molar-refractivity contribution in [2.75, 3.05) is 25.5 Å². The summed E-state index contributed by atoms with van der Waals surface area (Å²) in [6.45, 7) is 2.88. The maximum atomic E-state index is 13.6. The van der Waals surface area contributed by atoms with E-state index in [0.29, 0.717) is 41.7 Å². The highest BCUT2D eigenvalue weighted by Gasteiger charge is 2.07. The highest BCUT2D eigenvalue weighted by molar-refractivity contribution is 6.33. The van der Waals surface area contributed by atoms with E-state index in [9.17, 15) is 9.18 Å². The summed E-state index contributed by atoms with van der Waals surface area (Å²) >= 11 is 6.11. The van der Waals surface area contributed by atoms with E-state index in [4.69, 9.17) is 11.6 Å². The number of rotatable bonds is 7. The van der Waals surface area contributed by atoms with Crippen molar-refractivity contribution in [2.45, 2.75) is 19.8 Å². The molecule has 0 saturated carbocycles. The summed E-state index contributed by atoms with van der Waals surface area (Å²) in [7, 11) is 1.64. The number of nitrogens with zero attached hydrogens (tertiary/aromatic N) is 1. The van der Waals surface area contributed by atoms with Crippen LogP contribution in [0.25, 0.3) is 0 Å². The Balaban J connectivity index is 1.71. The molecule has 0 fully saturated rings. The van der Waals surface area contributed by atoms with Crippen molar-refractivity contribution in [1.82, 2.24) is 10.6 Å². The van der Waals surface area contributed by atoms with Crippen LogP contribution in [-0.4, -0.2) is 32.0 Å². The average molecular weight is 391 g/mol. The molecule has 1 amide bonds. The van der Waals surface area contributed by atoms with Crippen LogP contribution in [0.2, 0.25) is 5.02 Å². The van der Waals surface area contributed by atoms with Gasteiger partial charge in [0.2, 0.25) is 5.91 Å². The maximum Gasteiger partial charge on any atom is 0.226 e. The van der Waals surface area contributed by atoms with E-state index < -0.39 is 0 Å². The van der Waals surface area contributed by atoms with Crippen molar-refractivity contribution < 1.29 is 9.18 Å². The SMILES string of the molecule is CN=C(NCCC(=O)Nc1ccc(C)cc1Cl)NCCc1ccccc1F. The van der Waals surface area contributed by atoms with Crippen LogP contribution in [0.5, 0.6) is 0 Å². The molecule has 0 bridgehead atoms. The van der Waals surface area contributed by atoms with Crippen LogP contribution in [0.3, 0.4) is 0 Å². The molecule has 0 heterocycles. The quantitative estimate of drug-likeness (QED) is 0.500. The molecule has 5 nitrogen and oxygen atoms in total. The number of amides is 1. The van der Waals surface area contributed by atoms with Gasteiger partial charge in [0.05, 0.1) is 10.7 Å². The van der Waals surface area contributed by atoms with Gasteiger partial charge in [-0.05, 0) is 42.7 Å². The van der Waals surface area contributed by atoms with E-state index >= 15 is 0 Å². The number of hydrogen-bond acceptors (Lipinski definition) is 2. The molecule has 0 aliphatic heterocycles. The number of hydrogen-bond donors (Lipinski definition) is 3. The lowest BCUT2D eigenvalue weighted by atomic mass is 10.1. The van der Waals surface area contributed by atoms with Gasteiger partial charge in [-0.1, -0.05) is 35.9 Å². The molecule has 0 aliphatic carbocycles. The lowest BCUT2D eigenvalue weighted by molar-refractivity contribution is -0.116. The smallest absolute Gasteiger partial charge is 0.226 e. The number of aliphatic imine (C=N–C) groups is 1. The Morgan fingerprint density at radius 3 is 2.59 bits per heavy atom. The normalized spacial score (nSPS) is 11.2. The number of carbonyl (C=O) groups excluding carboxylic acids is 1. The van der Waals surface area contributed by atoms with Gasteiger partial charge in [-0.25, -0.2) is 4.39 Å². The Labute approximate surface area is 164 Å². The Morgan fingerprint density at radius 1 is 1.15 bits per heavy atom. The monoisotopic (exact) mass is 390 g/mol. The van der Waals surface area contributed by atoms with Crippen LogP contribution in [-0.2, 0) is 11.2 Å². The van der Waals surface area contributed by atoms with Gasteiger partial charge in [0.1, 0.15) is 5.82 Å². The van der Waals surface area contributed by atoms with Crippen molar-refractivity contribution in [3.8, 4) is 0 Å². The third-order valence-electron chi connectivity index (χ3n) is 3.91. The zero-order chi connectivity index (χ0) is 19.6. The first-order valence-electron chi connectivity index (χ1n) is 8.73. The van der Waals surface area contributed by atoms with Crippen molar-refractivity contribution in [1.29, 1.82) is 0 Å². The number of carbonyl (C=O) groups is 1. The molecule has 7 heteroatoms. The fraction of sp³-hybridized carbons (Fsp3) is 0.300. The second-order valence-electron chi connectivity index (χ2n) is 6.05. The molecule has 2 aromatic rings. The molecule has 2 aromatic carbocycles. The highest BCUT2D eigenvalue weighted by atomic mass is 35.5. The third kappa shape index (κ3) is 6.90. The molecule has 144 valence electrons. The Hall–Kier alpha value is -2.60. The van der Waals surface area contributed by atoms with Gasteiger partial charge >= 0.3 is 0 Å². The lowest BCUT2D eigenvalue weighted by Crippen LogP contribution is -2.39. The molecule has 27 heavy (non-hydrogen) atoms. The first-order chi connectivity index (χ1) is 13.0. The first-order valence-corrected chi connectivity index (χ1v) is 9.11. The van der Waals surface area contributed by atoms with E-state index in [1.807, 2.05) is 19.1 Å². The zero-order valence-corrected chi connectivity index (χ0v) is 16.2. The molecular weight excluding hydrogens is 367 g/mol. The summed E-state index contributed by atoms with van der Waals surface area (Å²) in [6.07, 6.45) is 0.804. The summed E-state index contributed by atoms with van der Waals surface area (Å²) in [4.78, 5) is 16.1. The molecule has 0 aromatic heterocycles. The van der Waals surface area contributed by atoms with E-state index in [-0.39, 0.29) is 18.1 Å². The number of halogens is 2. The van der Waals surface area contributed by atoms with Gasteiger partial charge in [-0.15, -0.1) is 0 Å². The van der Waals surface area contributed by atoms with Gasteiger partial charge < -0.3 is 16.0 Å². The van der Waals surface area contributed by atoms with Gasteiger partial charge in [-0.3, -0.25) is 9.79 Å². The molecule has 0 aliphatic rings. The largest absolute Gasteiger partial charge is 0.356 e. The van der Waals surface area contributed by atoms with E-state index in [2.05, 4.69) is 20.9 Å². The number of anilines is 1. The van der Waals surface area contributed by atoms with Crippen molar-refractivity contribution in [3.05, 3.63) is 64.4 Å². The summed E-state index contributed by atoms with van der Waals surface area (Å²) in [6, 6.07) is 12.2. The minimum Gasteiger partial charge on any atom is -0.356 e. The number of aryl methyl sites for hydroxylation is 1. The second-order valence-corrected chi connectivity index (χ2v) is 6.46. The summed E-state index contributed by atoms with van der Waals surface area (Å²) < 4.78 is 13.6. The maximum absolute atomic E-state index is 13.6. The van der Waals surface area contributed by atoms with Crippen LogP contribution in [0.4, 0.5) is 10.1 Å². The van der Waals surface area contributed by atoms with Crippen LogP contribution < -0.4 is 16.0 Å². The molecule has 3 N–H and O–H groups in total. The van der Waals surface area contributed by atoms with E-state index in [1.165, 1.54) is 6.07 Å². The molecule has 0 spiro atoms. The predicted molar refractivity (Wildman–Crippen MR) is 109 cm³/mol. The number of benzene rings is 2. The standard InChI is InChI=1S/C20H24ClFN4O/c1-14-7-8-18(16(21)13-14)26-19(27)10-12-25-20(23-2)24-11-9-15-5-3-4-6-17(15)22/h3-8,13H,9-12H2,1-2H3,(H,26,27)(H2,23,24,25). The molecule has 0 radical (unpaired) electrons. The van der Waals surface area contributed by atoms with Crippen molar-refractivity contribution in [3.63, 3.8) is 0 Å². The van der Waals surface area contributed by atoms with E-state index in [0.717, 1.165) is 5.56 Å². The van der Waals surface area contributed by atoms with Gasteiger partial charge in [0.25, 0.3) is 0 Å². The summed E-state index contributed by atoms with van der Waals surface area (Å²) in [5, 5.41) is 9.47. The Bertz CT molecular complexity index is 810. The highest BCUT2D eigenvalue weighted by Crippen LogP contribution is 2.22. The van der Waals surface area contributed by atoms with Crippen LogP contribution >= 0.6 is 11.6 Å². The average Bonchev–Trinajstić information content (AvgIpc) is 2.64. The van der Waals surface area contributed by atoms with Gasteiger partial charge in [0, 0.05) is 26.6 Å². The first kappa shape index (κ1) is 20.7. The van der Waals surface area contributed by atoms with Crippen LogP contribution in [0.15, 0.2) is 47.5 Å².